The Balaban J connectivity index is 3.49. The number of carbonyl (C=O) groups excluding carboxylic acids is 1. The van der Waals surface area contributed by atoms with Crippen LogP contribution in [0.25, 0.3) is 0 Å². The third-order valence-corrected chi connectivity index (χ3v) is 2.14. The van der Waals surface area contributed by atoms with Gasteiger partial charge in [0, 0.05) is 6.20 Å². The zero-order chi connectivity index (χ0) is 14.8. The van der Waals surface area contributed by atoms with Crippen LogP contribution < -0.4 is 5.73 Å². The van der Waals surface area contributed by atoms with E-state index in [0.717, 1.165) is 0 Å². The molecule has 0 aliphatic heterocycles. The number of hydrogen-bond acceptors (Lipinski definition) is 4. The predicted molar refractivity (Wildman–Crippen MR) is 54.6 cm³/mol. The standard InChI is InChI=1S/C10H9F5N2O2/c1-2-19-9(18)7-5(10(13,14)15)6(16)4(3-17-7)8(11)12/h3,8H,2H2,1H3,(H2,16,17). The van der Waals surface area contributed by atoms with Crippen LogP contribution in [0, 0.1) is 0 Å². The monoisotopic (exact) mass is 284 g/mol. The number of halogens is 5. The van der Waals surface area contributed by atoms with Gasteiger partial charge < -0.3 is 10.5 Å². The summed E-state index contributed by atoms with van der Waals surface area (Å²) in [6.45, 7) is 1.19. The van der Waals surface area contributed by atoms with Gasteiger partial charge in [-0.3, -0.25) is 0 Å². The van der Waals surface area contributed by atoms with E-state index in [0.29, 0.717) is 6.20 Å². The summed E-state index contributed by atoms with van der Waals surface area (Å²) in [6, 6.07) is 0. The van der Waals surface area contributed by atoms with Crippen LogP contribution in [0.1, 0.15) is 35.0 Å². The third kappa shape index (κ3) is 3.09. The number of aromatic nitrogens is 1. The summed E-state index contributed by atoms with van der Waals surface area (Å²) < 4.78 is 67.7. The molecule has 106 valence electrons. The molecule has 1 aromatic heterocycles. The van der Waals surface area contributed by atoms with Crippen molar-refractivity contribution >= 4 is 11.7 Å². The Kier molecular flexibility index (Phi) is 4.28. The Bertz CT molecular complexity index is 488. The van der Waals surface area contributed by atoms with Crippen molar-refractivity contribution in [2.45, 2.75) is 19.5 Å². The van der Waals surface area contributed by atoms with Crippen molar-refractivity contribution in [3.05, 3.63) is 23.0 Å². The Morgan fingerprint density at radius 2 is 2.05 bits per heavy atom. The van der Waals surface area contributed by atoms with Crippen molar-refractivity contribution < 1.29 is 31.5 Å². The minimum Gasteiger partial charge on any atom is -0.461 e. The number of pyridine rings is 1. The minimum absolute atomic E-state index is 0.186. The normalized spacial score (nSPS) is 11.7. The molecular formula is C10H9F5N2O2. The maximum absolute atomic E-state index is 12.8. The number of ether oxygens (including phenoxy) is 1. The van der Waals surface area contributed by atoms with Crippen molar-refractivity contribution in [2.75, 3.05) is 12.3 Å². The van der Waals surface area contributed by atoms with E-state index in [-0.39, 0.29) is 6.61 Å². The van der Waals surface area contributed by atoms with E-state index < -0.39 is 41.1 Å². The molecule has 9 heteroatoms. The first-order valence-corrected chi connectivity index (χ1v) is 5.01. The number of nitrogens with zero attached hydrogens (tertiary/aromatic N) is 1. The Labute approximate surface area is 104 Å². The van der Waals surface area contributed by atoms with Crippen LogP contribution in [0.3, 0.4) is 0 Å². The first kappa shape index (κ1) is 15.1. The molecule has 0 saturated heterocycles. The molecule has 0 saturated carbocycles. The molecule has 0 atom stereocenters. The van der Waals surface area contributed by atoms with E-state index in [1.54, 1.807) is 0 Å². The van der Waals surface area contributed by atoms with Crippen molar-refractivity contribution in [1.29, 1.82) is 0 Å². The Morgan fingerprint density at radius 3 is 2.47 bits per heavy atom. The second-order valence-corrected chi connectivity index (χ2v) is 3.37. The molecule has 0 fully saturated rings. The average molecular weight is 284 g/mol. The van der Waals surface area contributed by atoms with E-state index in [1.165, 1.54) is 6.92 Å². The van der Waals surface area contributed by atoms with E-state index in [9.17, 15) is 26.7 Å². The lowest BCUT2D eigenvalue weighted by atomic mass is 10.1. The molecule has 1 rings (SSSR count). The van der Waals surface area contributed by atoms with Crippen LogP contribution in [0.5, 0.6) is 0 Å². The lowest BCUT2D eigenvalue weighted by Gasteiger charge is -2.16. The quantitative estimate of drug-likeness (QED) is 0.684. The molecule has 1 aromatic rings. The number of alkyl halides is 5. The first-order chi connectivity index (χ1) is 8.70. The number of nitrogen functional groups attached to an aromatic ring is 1. The first-order valence-electron chi connectivity index (χ1n) is 5.01. The molecule has 0 aliphatic rings. The van der Waals surface area contributed by atoms with Crippen molar-refractivity contribution in [3.8, 4) is 0 Å². The van der Waals surface area contributed by atoms with Crippen LogP contribution in [0.15, 0.2) is 6.20 Å². The molecule has 4 nitrogen and oxygen atoms in total. The molecule has 2 N–H and O–H groups in total. The lowest BCUT2D eigenvalue weighted by molar-refractivity contribution is -0.137. The summed E-state index contributed by atoms with van der Waals surface area (Å²) in [5, 5.41) is 0. The maximum Gasteiger partial charge on any atom is 0.420 e. The molecular weight excluding hydrogens is 275 g/mol. The van der Waals surface area contributed by atoms with Crippen LogP contribution in [-0.2, 0) is 10.9 Å². The highest BCUT2D eigenvalue weighted by atomic mass is 19.4. The Hall–Kier alpha value is -1.93. The second-order valence-electron chi connectivity index (χ2n) is 3.37. The van der Waals surface area contributed by atoms with Gasteiger partial charge in [-0.1, -0.05) is 0 Å². The van der Waals surface area contributed by atoms with Crippen LogP contribution in [0.2, 0.25) is 0 Å². The zero-order valence-corrected chi connectivity index (χ0v) is 9.59. The molecule has 0 aromatic carbocycles. The fraction of sp³-hybridized carbons (Fsp3) is 0.400. The fourth-order valence-corrected chi connectivity index (χ4v) is 1.36. The van der Waals surface area contributed by atoms with E-state index >= 15 is 0 Å². The van der Waals surface area contributed by atoms with Crippen molar-refractivity contribution in [2.24, 2.45) is 0 Å². The molecule has 0 spiro atoms. The van der Waals surface area contributed by atoms with Crippen molar-refractivity contribution in [3.63, 3.8) is 0 Å². The van der Waals surface area contributed by atoms with Gasteiger partial charge >= 0.3 is 12.1 Å². The van der Waals surface area contributed by atoms with Gasteiger partial charge in [0.05, 0.1) is 17.9 Å². The highest BCUT2D eigenvalue weighted by molar-refractivity contribution is 5.91. The third-order valence-electron chi connectivity index (χ3n) is 2.14. The van der Waals surface area contributed by atoms with Gasteiger partial charge in [-0.25, -0.2) is 18.6 Å². The smallest absolute Gasteiger partial charge is 0.420 e. The highest BCUT2D eigenvalue weighted by Gasteiger charge is 2.40. The minimum atomic E-state index is -5.09. The van der Waals surface area contributed by atoms with Crippen LogP contribution in [-0.4, -0.2) is 17.6 Å². The number of anilines is 1. The molecule has 19 heavy (non-hydrogen) atoms. The van der Waals surface area contributed by atoms with Gasteiger partial charge in [0.1, 0.15) is 5.56 Å². The second kappa shape index (κ2) is 5.37. The average Bonchev–Trinajstić information content (AvgIpc) is 2.26. The lowest BCUT2D eigenvalue weighted by Crippen LogP contribution is -2.20. The topological polar surface area (TPSA) is 65.2 Å². The summed E-state index contributed by atoms with van der Waals surface area (Å²) in [4.78, 5) is 14.4. The van der Waals surface area contributed by atoms with Gasteiger partial charge in [0.25, 0.3) is 6.43 Å². The number of carbonyl (C=O) groups is 1. The van der Waals surface area contributed by atoms with Gasteiger partial charge in [-0.2, -0.15) is 13.2 Å². The fourth-order valence-electron chi connectivity index (χ4n) is 1.36. The van der Waals surface area contributed by atoms with Gasteiger partial charge in [0.2, 0.25) is 0 Å². The number of nitrogens with two attached hydrogens (primary N) is 1. The SMILES string of the molecule is CCOC(=O)c1ncc(C(F)F)c(N)c1C(F)(F)F. The van der Waals surface area contributed by atoms with Gasteiger partial charge in [-0.15, -0.1) is 0 Å². The summed E-state index contributed by atoms with van der Waals surface area (Å²) in [6.07, 6.45) is -7.89. The summed E-state index contributed by atoms with van der Waals surface area (Å²) in [7, 11) is 0. The van der Waals surface area contributed by atoms with Gasteiger partial charge in [0.15, 0.2) is 5.69 Å². The summed E-state index contributed by atoms with van der Waals surface area (Å²) in [5.41, 5.74) is -0.0806. The molecule has 0 aliphatic carbocycles. The molecule has 0 amide bonds. The van der Waals surface area contributed by atoms with E-state index in [4.69, 9.17) is 5.73 Å². The molecule has 1 heterocycles. The molecule has 0 unspecified atom stereocenters. The largest absolute Gasteiger partial charge is 0.461 e. The maximum atomic E-state index is 12.8. The number of hydrogen-bond donors (Lipinski definition) is 1. The van der Waals surface area contributed by atoms with Crippen LogP contribution in [0.4, 0.5) is 27.6 Å². The molecule has 0 radical (unpaired) electrons. The molecule has 0 bridgehead atoms. The number of esters is 1. The van der Waals surface area contributed by atoms with Crippen LogP contribution >= 0.6 is 0 Å². The van der Waals surface area contributed by atoms with E-state index in [2.05, 4.69) is 9.72 Å². The summed E-state index contributed by atoms with van der Waals surface area (Å²) >= 11 is 0. The highest BCUT2D eigenvalue weighted by Crippen LogP contribution is 2.39. The summed E-state index contributed by atoms with van der Waals surface area (Å²) in [5.74, 6) is -1.37. The van der Waals surface area contributed by atoms with E-state index in [1.807, 2.05) is 0 Å². The van der Waals surface area contributed by atoms with Gasteiger partial charge in [-0.05, 0) is 6.92 Å². The Morgan fingerprint density at radius 1 is 1.47 bits per heavy atom. The van der Waals surface area contributed by atoms with Crippen molar-refractivity contribution in [1.82, 2.24) is 4.98 Å². The predicted octanol–water partition coefficient (Wildman–Crippen LogP) is 2.80. The zero-order valence-electron chi connectivity index (χ0n) is 9.59. The number of rotatable bonds is 3.